The van der Waals surface area contributed by atoms with Crippen LogP contribution in [0.15, 0.2) is 47.3 Å². The number of methoxy groups -OCH3 is 1. The van der Waals surface area contributed by atoms with E-state index in [9.17, 15) is 4.79 Å². The molecule has 0 aliphatic rings. The first kappa shape index (κ1) is 14.4. The van der Waals surface area contributed by atoms with E-state index in [1.54, 1.807) is 31.4 Å². The summed E-state index contributed by atoms with van der Waals surface area (Å²) in [5.74, 6) is 0.675. The van der Waals surface area contributed by atoms with Crippen molar-refractivity contribution < 1.29 is 4.74 Å². The molecule has 1 heterocycles. The summed E-state index contributed by atoms with van der Waals surface area (Å²) in [6.07, 6.45) is 0. The Morgan fingerprint density at radius 3 is 2.52 bits per heavy atom. The minimum Gasteiger partial charge on any atom is -0.497 e. The first-order valence-electron chi connectivity index (χ1n) is 6.16. The van der Waals surface area contributed by atoms with Gasteiger partial charge in [0.1, 0.15) is 5.75 Å². The molecule has 106 valence electrons. The molecule has 1 aromatic heterocycles. The van der Waals surface area contributed by atoms with E-state index in [1.807, 2.05) is 18.2 Å². The third-order valence-corrected chi connectivity index (χ3v) is 5.03. The Bertz CT molecular complexity index is 887. The van der Waals surface area contributed by atoms with E-state index in [4.69, 9.17) is 27.9 Å². The molecule has 0 atom stereocenters. The van der Waals surface area contributed by atoms with Crippen molar-refractivity contribution in [2.24, 2.45) is 0 Å². The highest BCUT2D eigenvalue weighted by Gasteiger charge is 2.08. The van der Waals surface area contributed by atoms with Gasteiger partial charge in [-0.05, 0) is 35.9 Å². The quantitative estimate of drug-likeness (QED) is 0.639. The first-order valence-corrected chi connectivity index (χ1v) is 7.73. The van der Waals surface area contributed by atoms with Gasteiger partial charge in [-0.1, -0.05) is 29.3 Å². The molecule has 0 bridgehead atoms. The zero-order valence-corrected chi connectivity index (χ0v) is 13.4. The molecule has 0 aliphatic heterocycles. The highest BCUT2D eigenvalue weighted by Crippen LogP contribution is 2.33. The van der Waals surface area contributed by atoms with Crippen LogP contribution in [0.25, 0.3) is 20.5 Å². The summed E-state index contributed by atoms with van der Waals surface area (Å²) in [5, 5.41) is 1.63. The number of halogens is 2. The van der Waals surface area contributed by atoms with Crippen LogP contribution in [0, 0.1) is 0 Å². The Balaban J connectivity index is 2.20. The smallest absolute Gasteiger partial charge is 0.188 e. The summed E-state index contributed by atoms with van der Waals surface area (Å²) in [6, 6.07) is 12.5. The Kier molecular flexibility index (Phi) is 3.89. The minimum atomic E-state index is -0.0382. The van der Waals surface area contributed by atoms with E-state index < -0.39 is 0 Å². The predicted octanol–water partition coefficient (Wildman–Crippen LogP) is 5.24. The van der Waals surface area contributed by atoms with Crippen molar-refractivity contribution in [3.8, 4) is 16.2 Å². The summed E-state index contributed by atoms with van der Waals surface area (Å²) >= 11 is 13.5. The average molecular weight is 337 g/mol. The fraction of sp³-hybridized carbons (Fsp3) is 0.0625. The lowest BCUT2D eigenvalue weighted by molar-refractivity contribution is 0.415. The average Bonchev–Trinajstić information content (AvgIpc) is 2.49. The van der Waals surface area contributed by atoms with Gasteiger partial charge in [-0.15, -0.1) is 11.3 Å². The Labute approximate surface area is 135 Å². The molecule has 3 aromatic rings. The lowest BCUT2D eigenvalue weighted by Gasteiger charge is -2.05. The Morgan fingerprint density at radius 2 is 1.81 bits per heavy atom. The second kappa shape index (κ2) is 5.68. The van der Waals surface area contributed by atoms with Crippen LogP contribution in [0.5, 0.6) is 5.75 Å². The first-order chi connectivity index (χ1) is 10.1. The molecule has 0 fully saturated rings. The topological polar surface area (TPSA) is 26.3 Å². The highest BCUT2D eigenvalue weighted by atomic mass is 35.5. The van der Waals surface area contributed by atoms with Crippen LogP contribution in [0.2, 0.25) is 10.0 Å². The van der Waals surface area contributed by atoms with E-state index in [0.29, 0.717) is 21.2 Å². The molecule has 0 spiro atoms. The van der Waals surface area contributed by atoms with Crippen molar-refractivity contribution in [3.63, 3.8) is 0 Å². The maximum Gasteiger partial charge on any atom is 0.188 e. The zero-order valence-electron chi connectivity index (χ0n) is 11.0. The normalized spacial score (nSPS) is 10.8. The molecule has 21 heavy (non-hydrogen) atoms. The van der Waals surface area contributed by atoms with E-state index in [2.05, 4.69) is 0 Å². The predicted molar refractivity (Wildman–Crippen MR) is 90.1 cm³/mol. The van der Waals surface area contributed by atoms with Crippen molar-refractivity contribution in [1.82, 2.24) is 0 Å². The molecule has 5 heteroatoms. The van der Waals surface area contributed by atoms with Gasteiger partial charge in [-0.2, -0.15) is 0 Å². The van der Waals surface area contributed by atoms with Crippen LogP contribution >= 0.6 is 34.5 Å². The number of ether oxygens (including phenoxy) is 1. The molecule has 2 nitrogen and oxygen atoms in total. The van der Waals surface area contributed by atoms with E-state index >= 15 is 0 Å². The lowest BCUT2D eigenvalue weighted by Crippen LogP contribution is -1.99. The molecule has 0 amide bonds. The third-order valence-electron chi connectivity index (χ3n) is 3.14. The molecule has 0 saturated carbocycles. The van der Waals surface area contributed by atoms with Crippen molar-refractivity contribution in [3.05, 3.63) is 62.7 Å². The fourth-order valence-electron chi connectivity index (χ4n) is 2.05. The minimum absolute atomic E-state index is 0.0382. The van der Waals surface area contributed by atoms with Crippen LogP contribution in [0.1, 0.15) is 0 Å². The number of rotatable bonds is 2. The molecule has 0 unspecified atom stereocenters. The Hall–Kier alpha value is -1.55. The van der Waals surface area contributed by atoms with Gasteiger partial charge in [0.2, 0.25) is 0 Å². The Morgan fingerprint density at radius 1 is 1.00 bits per heavy atom. The SMILES string of the molecule is COc1ccc2sc(-c3ccc(Cl)c(Cl)c3)cc(=O)c2c1. The molecule has 0 N–H and O–H groups in total. The van der Waals surface area contributed by atoms with Crippen LogP contribution in [0.4, 0.5) is 0 Å². The highest BCUT2D eigenvalue weighted by molar-refractivity contribution is 7.21. The van der Waals surface area contributed by atoms with Gasteiger partial charge in [0.25, 0.3) is 0 Å². The summed E-state index contributed by atoms with van der Waals surface area (Å²) < 4.78 is 6.06. The molecule has 0 aliphatic carbocycles. The van der Waals surface area contributed by atoms with E-state index in [0.717, 1.165) is 15.1 Å². The number of hydrogen-bond donors (Lipinski definition) is 0. The monoisotopic (exact) mass is 336 g/mol. The lowest BCUT2D eigenvalue weighted by atomic mass is 10.1. The van der Waals surface area contributed by atoms with E-state index in [1.165, 1.54) is 11.3 Å². The van der Waals surface area contributed by atoms with Gasteiger partial charge in [-0.3, -0.25) is 4.79 Å². The van der Waals surface area contributed by atoms with Gasteiger partial charge in [0.15, 0.2) is 5.43 Å². The van der Waals surface area contributed by atoms with Crippen molar-refractivity contribution in [2.45, 2.75) is 0 Å². The molecule has 0 radical (unpaired) electrons. The van der Waals surface area contributed by atoms with Crippen LogP contribution in [0.3, 0.4) is 0 Å². The maximum atomic E-state index is 12.3. The van der Waals surface area contributed by atoms with E-state index in [-0.39, 0.29) is 5.43 Å². The van der Waals surface area contributed by atoms with Gasteiger partial charge >= 0.3 is 0 Å². The van der Waals surface area contributed by atoms with Crippen LogP contribution < -0.4 is 10.2 Å². The summed E-state index contributed by atoms with van der Waals surface area (Å²) in [6.45, 7) is 0. The van der Waals surface area contributed by atoms with Gasteiger partial charge in [0.05, 0.1) is 17.2 Å². The molecular weight excluding hydrogens is 327 g/mol. The number of hydrogen-bond acceptors (Lipinski definition) is 3. The summed E-state index contributed by atoms with van der Waals surface area (Å²) in [4.78, 5) is 13.1. The largest absolute Gasteiger partial charge is 0.497 e. The standard InChI is InChI=1S/C16H10Cl2O2S/c1-20-10-3-5-15-11(7-10)14(19)8-16(21-15)9-2-4-12(17)13(18)6-9/h2-8H,1H3. The van der Waals surface area contributed by atoms with Crippen LogP contribution in [-0.4, -0.2) is 7.11 Å². The second-order valence-electron chi connectivity index (χ2n) is 4.47. The van der Waals surface area contributed by atoms with Crippen molar-refractivity contribution in [1.29, 1.82) is 0 Å². The van der Waals surface area contributed by atoms with Crippen molar-refractivity contribution in [2.75, 3.05) is 7.11 Å². The second-order valence-corrected chi connectivity index (χ2v) is 6.36. The fourth-order valence-corrected chi connectivity index (χ4v) is 3.41. The maximum absolute atomic E-state index is 12.3. The summed E-state index contributed by atoms with van der Waals surface area (Å²) in [7, 11) is 1.58. The number of benzene rings is 2. The molecule has 3 rings (SSSR count). The van der Waals surface area contributed by atoms with Gasteiger partial charge < -0.3 is 4.74 Å². The van der Waals surface area contributed by atoms with Gasteiger partial charge in [0, 0.05) is 21.0 Å². The zero-order chi connectivity index (χ0) is 15.0. The van der Waals surface area contributed by atoms with Gasteiger partial charge in [-0.25, -0.2) is 0 Å². The third kappa shape index (κ3) is 2.77. The van der Waals surface area contributed by atoms with Crippen molar-refractivity contribution >= 4 is 44.6 Å². The molecule has 2 aromatic carbocycles. The number of fused-ring (bicyclic) bond motifs is 1. The van der Waals surface area contributed by atoms with Crippen LogP contribution in [-0.2, 0) is 0 Å². The molecular formula is C16H10Cl2O2S. The molecule has 0 saturated heterocycles. The summed E-state index contributed by atoms with van der Waals surface area (Å²) in [5.41, 5.74) is 0.841.